The normalized spacial score (nSPS) is 18.0. The van der Waals surface area contributed by atoms with Gasteiger partial charge in [-0.3, -0.25) is 4.39 Å². The first kappa shape index (κ1) is 7.85. The van der Waals surface area contributed by atoms with Gasteiger partial charge in [-0.05, 0) is 13.3 Å². The monoisotopic (exact) mass is 121 g/mol. The average Bonchev–Trinajstić information content (AvgIpc) is 1.67. The summed E-state index contributed by atoms with van der Waals surface area (Å²) in [6.07, 6.45) is 0.226. The van der Waals surface area contributed by atoms with Gasteiger partial charge >= 0.3 is 0 Å². The minimum atomic E-state index is -0.727. The second-order valence-corrected chi connectivity index (χ2v) is 2.25. The van der Waals surface area contributed by atoms with Gasteiger partial charge in [0.1, 0.15) is 0 Å². The van der Waals surface area contributed by atoms with Crippen molar-refractivity contribution in [2.45, 2.75) is 18.9 Å². The molecule has 8 heavy (non-hydrogen) atoms. The summed E-state index contributed by atoms with van der Waals surface area (Å²) in [5, 5.41) is 8.43. The highest BCUT2D eigenvalue weighted by Gasteiger charge is 2.15. The topological polar surface area (TPSA) is 46.2 Å². The van der Waals surface area contributed by atoms with E-state index in [1.165, 1.54) is 0 Å². The molecule has 0 heterocycles. The zero-order valence-corrected chi connectivity index (χ0v) is 5.02. The molecular formula is C5H12FNO. The fourth-order valence-electron chi connectivity index (χ4n) is 0.295. The van der Waals surface area contributed by atoms with Gasteiger partial charge in [-0.15, -0.1) is 0 Å². The van der Waals surface area contributed by atoms with E-state index in [2.05, 4.69) is 0 Å². The van der Waals surface area contributed by atoms with E-state index in [1.54, 1.807) is 6.92 Å². The Kier molecular flexibility index (Phi) is 2.94. The minimum Gasteiger partial charge on any atom is -0.394 e. The van der Waals surface area contributed by atoms with Crippen LogP contribution in [0.3, 0.4) is 0 Å². The van der Waals surface area contributed by atoms with Crippen molar-refractivity contribution in [1.82, 2.24) is 0 Å². The highest BCUT2D eigenvalue weighted by atomic mass is 19.1. The molecule has 0 saturated heterocycles. The van der Waals surface area contributed by atoms with Gasteiger partial charge in [0.25, 0.3) is 0 Å². The highest BCUT2D eigenvalue weighted by molar-refractivity contribution is 4.75. The second kappa shape index (κ2) is 2.99. The molecule has 0 aromatic heterocycles. The quantitative estimate of drug-likeness (QED) is 0.554. The molecule has 0 rings (SSSR count). The number of aliphatic hydroxyl groups is 1. The Morgan fingerprint density at radius 3 is 2.38 bits per heavy atom. The molecule has 0 spiro atoms. The number of rotatable bonds is 3. The van der Waals surface area contributed by atoms with Crippen LogP contribution >= 0.6 is 0 Å². The molecule has 3 N–H and O–H groups in total. The zero-order valence-electron chi connectivity index (χ0n) is 5.02. The van der Waals surface area contributed by atoms with Gasteiger partial charge in [0.2, 0.25) is 0 Å². The number of hydrogen-bond acceptors (Lipinski definition) is 2. The van der Waals surface area contributed by atoms with Crippen LogP contribution in [0.2, 0.25) is 0 Å². The van der Waals surface area contributed by atoms with Crippen molar-refractivity contribution in [3.05, 3.63) is 0 Å². The van der Waals surface area contributed by atoms with Crippen LogP contribution in [0.5, 0.6) is 0 Å². The first-order valence-electron chi connectivity index (χ1n) is 2.58. The molecule has 1 atom stereocenters. The summed E-state index contributed by atoms with van der Waals surface area (Å²) < 4.78 is 11.5. The van der Waals surface area contributed by atoms with Crippen LogP contribution in [0.25, 0.3) is 0 Å². The van der Waals surface area contributed by atoms with Crippen LogP contribution < -0.4 is 5.73 Å². The fraction of sp³-hybridized carbons (Fsp3) is 1.00. The van der Waals surface area contributed by atoms with Crippen molar-refractivity contribution in [2.24, 2.45) is 5.73 Å². The van der Waals surface area contributed by atoms with Crippen molar-refractivity contribution < 1.29 is 9.50 Å². The van der Waals surface area contributed by atoms with Crippen LogP contribution in [0, 0.1) is 0 Å². The van der Waals surface area contributed by atoms with E-state index in [0.717, 1.165) is 0 Å². The van der Waals surface area contributed by atoms with Crippen molar-refractivity contribution in [3.8, 4) is 0 Å². The van der Waals surface area contributed by atoms with Crippen molar-refractivity contribution in [3.63, 3.8) is 0 Å². The first-order valence-corrected chi connectivity index (χ1v) is 2.58. The molecule has 0 amide bonds. The molecule has 0 aromatic carbocycles. The third kappa shape index (κ3) is 2.93. The lowest BCUT2D eigenvalue weighted by molar-refractivity contribution is 0.190. The maximum atomic E-state index is 11.5. The second-order valence-electron chi connectivity index (χ2n) is 2.25. The molecule has 0 aliphatic carbocycles. The molecule has 0 radical (unpaired) electrons. The molecular weight excluding hydrogens is 109 g/mol. The van der Waals surface area contributed by atoms with Gasteiger partial charge in [0, 0.05) is 5.54 Å². The van der Waals surface area contributed by atoms with E-state index < -0.39 is 12.2 Å². The van der Waals surface area contributed by atoms with E-state index in [0.29, 0.717) is 0 Å². The third-order valence-corrected chi connectivity index (χ3v) is 1.03. The third-order valence-electron chi connectivity index (χ3n) is 1.03. The van der Waals surface area contributed by atoms with Crippen LogP contribution in [0.15, 0.2) is 0 Å². The summed E-state index contributed by atoms with van der Waals surface area (Å²) in [6, 6.07) is 0. The lowest BCUT2D eigenvalue weighted by Crippen LogP contribution is -2.40. The van der Waals surface area contributed by atoms with Crippen LogP contribution in [-0.4, -0.2) is 23.9 Å². The van der Waals surface area contributed by atoms with E-state index in [-0.39, 0.29) is 13.0 Å². The van der Waals surface area contributed by atoms with Crippen molar-refractivity contribution in [2.75, 3.05) is 13.3 Å². The molecule has 0 aromatic rings. The number of alkyl halides is 1. The van der Waals surface area contributed by atoms with Crippen LogP contribution in [0.1, 0.15) is 13.3 Å². The molecule has 0 saturated carbocycles. The molecule has 0 bridgehead atoms. The summed E-state index contributed by atoms with van der Waals surface area (Å²) in [5.74, 6) is 0. The molecule has 0 fully saturated rings. The van der Waals surface area contributed by atoms with Gasteiger partial charge in [-0.2, -0.15) is 0 Å². The van der Waals surface area contributed by atoms with Gasteiger partial charge in [0.05, 0.1) is 13.3 Å². The largest absolute Gasteiger partial charge is 0.394 e. The average molecular weight is 121 g/mol. The van der Waals surface area contributed by atoms with Gasteiger partial charge in [-0.1, -0.05) is 0 Å². The van der Waals surface area contributed by atoms with Crippen molar-refractivity contribution >= 4 is 0 Å². The Bertz CT molecular complexity index is 65.4. The first-order chi connectivity index (χ1) is 3.62. The summed E-state index contributed by atoms with van der Waals surface area (Å²) in [4.78, 5) is 0. The molecule has 0 aliphatic rings. The minimum absolute atomic E-state index is 0.156. The van der Waals surface area contributed by atoms with Gasteiger partial charge < -0.3 is 10.8 Å². The number of aliphatic hydroxyl groups excluding tert-OH is 1. The van der Waals surface area contributed by atoms with Crippen LogP contribution in [0.4, 0.5) is 4.39 Å². The van der Waals surface area contributed by atoms with E-state index in [1.807, 2.05) is 0 Å². The van der Waals surface area contributed by atoms with E-state index in [4.69, 9.17) is 10.8 Å². The predicted octanol–water partition coefficient (Wildman–Crippen LogP) is 0.0557. The van der Waals surface area contributed by atoms with Crippen molar-refractivity contribution in [1.29, 1.82) is 0 Å². The number of hydrogen-bond donors (Lipinski definition) is 2. The molecule has 0 aliphatic heterocycles. The highest BCUT2D eigenvalue weighted by Crippen LogP contribution is 2.02. The maximum Gasteiger partial charge on any atom is 0.0912 e. The summed E-state index contributed by atoms with van der Waals surface area (Å²) in [5.41, 5.74) is 4.61. The lowest BCUT2D eigenvalue weighted by Gasteiger charge is -2.18. The van der Waals surface area contributed by atoms with E-state index in [9.17, 15) is 4.39 Å². The molecule has 50 valence electrons. The Labute approximate surface area is 48.5 Å². The lowest BCUT2D eigenvalue weighted by atomic mass is 10.0. The predicted molar refractivity (Wildman–Crippen MR) is 30.3 cm³/mol. The number of halogens is 1. The summed E-state index contributed by atoms with van der Waals surface area (Å²) in [6.45, 7) is 0.997. The molecule has 3 heteroatoms. The smallest absolute Gasteiger partial charge is 0.0912 e. The fourth-order valence-corrected chi connectivity index (χ4v) is 0.295. The zero-order chi connectivity index (χ0) is 6.62. The van der Waals surface area contributed by atoms with E-state index >= 15 is 0 Å². The Hall–Kier alpha value is -0.150. The Morgan fingerprint density at radius 2 is 2.25 bits per heavy atom. The Morgan fingerprint density at radius 1 is 1.75 bits per heavy atom. The Balaban J connectivity index is 3.37. The van der Waals surface area contributed by atoms with Gasteiger partial charge in [-0.25, -0.2) is 0 Å². The SMILES string of the molecule is CC(N)(CO)CCF. The standard InChI is InChI=1S/C5H12FNO/c1-5(7,4-8)2-3-6/h8H,2-4,7H2,1H3. The number of nitrogens with two attached hydrogens (primary N) is 1. The molecule has 1 unspecified atom stereocenters. The summed E-state index contributed by atoms with van der Waals surface area (Å²) >= 11 is 0. The van der Waals surface area contributed by atoms with Crippen LogP contribution in [-0.2, 0) is 0 Å². The van der Waals surface area contributed by atoms with Gasteiger partial charge in [0.15, 0.2) is 0 Å². The summed E-state index contributed by atoms with van der Waals surface area (Å²) in [7, 11) is 0. The molecule has 2 nitrogen and oxygen atoms in total. The maximum absolute atomic E-state index is 11.5.